The second kappa shape index (κ2) is 9.09. The molecule has 0 unspecified atom stereocenters. The third-order valence-corrected chi connectivity index (χ3v) is 3.92. The highest BCUT2D eigenvalue weighted by Crippen LogP contribution is 2.39. The lowest BCUT2D eigenvalue weighted by Gasteiger charge is -2.14. The van der Waals surface area contributed by atoms with Crippen LogP contribution in [0.5, 0.6) is 17.2 Å². The molecule has 0 aliphatic heterocycles. The number of benzene rings is 1. The molecule has 2 aromatic rings. The zero-order valence-corrected chi connectivity index (χ0v) is 15.1. The van der Waals surface area contributed by atoms with Crippen LogP contribution < -0.4 is 19.6 Å². The van der Waals surface area contributed by atoms with Crippen molar-refractivity contribution in [3.05, 3.63) is 33.8 Å². The SMILES string of the molecule is COc1cc(/C=N\NC(=O)Cc2csc(C)n2)cc(OC)c1OC(F)F. The van der Waals surface area contributed by atoms with Gasteiger partial charge in [-0.25, -0.2) is 10.4 Å². The molecule has 7 nitrogen and oxygen atoms in total. The minimum Gasteiger partial charge on any atom is -0.493 e. The Labute approximate surface area is 152 Å². The monoisotopic (exact) mass is 385 g/mol. The molecule has 1 N–H and O–H groups in total. The minimum atomic E-state index is -3.02. The molecule has 0 saturated heterocycles. The van der Waals surface area contributed by atoms with E-state index in [0.29, 0.717) is 11.3 Å². The maximum Gasteiger partial charge on any atom is 0.387 e. The van der Waals surface area contributed by atoms with Gasteiger partial charge in [0, 0.05) is 10.9 Å². The maximum atomic E-state index is 12.5. The number of halogens is 2. The predicted octanol–water partition coefficient (Wildman–Crippen LogP) is 2.76. The summed E-state index contributed by atoms with van der Waals surface area (Å²) in [7, 11) is 2.62. The number of hydrogen-bond acceptors (Lipinski definition) is 7. The smallest absolute Gasteiger partial charge is 0.387 e. The molecule has 2 rings (SSSR count). The van der Waals surface area contributed by atoms with Crippen molar-refractivity contribution < 1.29 is 27.8 Å². The summed E-state index contributed by atoms with van der Waals surface area (Å²) in [4.78, 5) is 16.0. The Balaban J connectivity index is 2.08. The second-order valence-corrected chi connectivity index (χ2v) is 6.02. The number of methoxy groups -OCH3 is 2. The number of carbonyl (C=O) groups is 1. The van der Waals surface area contributed by atoms with Crippen molar-refractivity contribution in [3.63, 3.8) is 0 Å². The number of hydrogen-bond donors (Lipinski definition) is 1. The fourth-order valence-electron chi connectivity index (χ4n) is 2.05. The first-order valence-corrected chi connectivity index (χ1v) is 8.24. The summed E-state index contributed by atoms with van der Waals surface area (Å²) in [6, 6.07) is 2.86. The van der Waals surface area contributed by atoms with Gasteiger partial charge >= 0.3 is 6.61 Å². The van der Waals surface area contributed by atoms with E-state index >= 15 is 0 Å². The molecule has 140 valence electrons. The van der Waals surface area contributed by atoms with Crippen LogP contribution >= 0.6 is 11.3 Å². The Morgan fingerprint density at radius 1 is 1.35 bits per heavy atom. The minimum absolute atomic E-state index is 0.0513. The van der Waals surface area contributed by atoms with E-state index in [1.165, 1.54) is 43.9 Å². The van der Waals surface area contributed by atoms with Crippen LogP contribution in [0.25, 0.3) is 0 Å². The number of aromatic nitrogens is 1. The van der Waals surface area contributed by atoms with E-state index in [1.54, 1.807) is 5.38 Å². The van der Waals surface area contributed by atoms with E-state index in [1.807, 2.05) is 6.92 Å². The van der Waals surface area contributed by atoms with Crippen LogP contribution in [0, 0.1) is 6.92 Å². The average Bonchev–Trinajstić information content (AvgIpc) is 2.99. The lowest BCUT2D eigenvalue weighted by atomic mass is 10.2. The van der Waals surface area contributed by atoms with Gasteiger partial charge in [-0.15, -0.1) is 11.3 Å². The largest absolute Gasteiger partial charge is 0.493 e. The van der Waals surface area contributed by atoms with E-state index in [0.717, 1.165) is 5.01 Å². The lowest BCUT2D eigenvalue weighted by molar-refractivity contribution is -0.120. The van der Waals surface area contributed by atoms with Crippen LogP contribution in [0.4, 0.5) is 8.78 Å². The number of carbonyl (C=O) groups excluding carboxylic acids is 1. The Morgan fingerprint density at radius 3 is 2.50 bits per heavy atom. The highest BCUT2D eigenvalue weighted by Gasteiger charge is 2.17. The van der Waals surface area contributed by atoms with E-state index in [-0.39, 0.29) is 29.6 Å². The van der Waals surface area contributed by atoms with Crippen molar-refractivity contribution in [2.75, 3.05) is 14.2 Å². The zero-order valence-electron chi connectivity index (χ0n) is 14.3. The Bertz CT molecular complexity index is 771. The molecule has 0 atom stereocenters. The van der Waals surface area contributed by atoms with Crippen molar-refractivity contribution in [3.8, 4) is 17.2 Å². The fourth-order valence-corrected chi connectivity index (χ4v) is 2.66. The van der Waals surface area contributed by atoms with Gasteiger partial charge in [-0.05, 0) is 19.1 Å². The third-order valence-electron chi connectivity index (χ3n) is 3.10. The van der Waals surface area contributed by atoms with Crippen molar-refractivity contribution >= 4 is 23.5 Å². The Morgan fingerprint density at radius 2 is 2.00 bits per heavy atom. The number of alkyl halides is 2. The van der Waals surface area contributed by atoms with Crippen LogP contribution in [0.2, 0.25) is 0 Å². The van der Waals surface area contributed by atoms with Gasteiger partial charge in [-0.3, -0.25) is 4.79 Å². The molecule has 0 radical (unpaired) electrons. The predicted molar refractivity (Wildman–Crippen MR) is 92.5 cm³/mol. The normalized spacial score (nSPS) is 11.0. The molecule has 0 spiro atoms. The van der Waals surface area contributed by atoms with E-state index in [2.05, 4.69) is 20.2 Å². The van der Waals surface area contributed by atoms with Gasteiger partial charge < -0.3 is 14.2 Å². The number of nitrogens with zero attached hydrogens (tertiary/aromatic N) is 2. The highest BCUT2D eigenvalue weighted by molar-refractivity contribution is 7.09. The number of rotatable bonds is 8. The zero-order chi connectivity index (χ0) is 19.1. The number of ether oxygens (including phenoxy) is 3. The van der Waals surface area contributed by atoms with Crippen molar-refractivity contribution in [2.45, 2.75) is 20.0 Å². The van der Waals surface area contributed by atoms with Crippen molar-refractivity contribution in [1.82, 2.24) is 10.4 Å². The summed E-state index contributed by atoms with van der Waals surface area (Å²) in [6.45, 7) is -1.17. The van der Waals surface area contributed by atoms with Gasteiger partial charge in [0.15, 0.2) is 11.5 Å². The molecule has 0 aliphatic rings. The van der Waals surface area contributed by atoms with Crippen LogP contribution in [0.3, 0.4) is 0 Å². The molecule has 0 fully saturated rings. The first-order valence-electron chi connectivity index (χ1n) is 7.36. The molecule has 10 heteroatoms. The molecule has 26 heavy (non-hydrogen) atoms. The molecular weight excluding hydrogens is 368 g/mol. The molecule has 1 aromatic heterocycles. The van der Waals surface area contributed by atoms with E-state index in [9.17, 15) is 13.6 Å². The van der Waals surface area contributed by atoms with Crippen molar-refractivity contribution in [1.29, 1.82) is 0 Å². The lowest BCUT2D eigenvalue weighted by Crippen LogP contribution is -2.19. The number of amides is 1. The number of aryl methyl sites for hydroxylation is 1. The summed E-state index contributed by atoms with van der Waals surface area (Å²) in [5.41, 5.74) is 3.50. The van der Waals surface area contributed by atoms with Crippen LogP contribution in [-0.2, 0) is 11.2 Å². The Hall–Kier alpha value is -2.75. The Kier molecular flexibility index (Phi) is 6.84. The highest BCUT2D eigenvalue weighted by atomic mass is 32.1. The van der Waals surface area contributed by atoms with E-state index in [4.69, 9.17) is 9.47 Å². The van der Waals surface area contributed by atoms with Gasteiger partial charge in [0.25, 0.3) is 0 Å². The summed E-state index contributed by atoms with van der Waals surface area (Å²) in [5.74, 6) is -0.445. The quantitative estimate of drug-likeness (QED) is 0.558. The fraction of sp³-hybridized carbons (Fsp3) is 0.312. The molecule has 1 aromatic carbocycles. The summed E-state index contributed by atoms with van der Waals surface area (Å²) in [6.07, 6.45) is 1.44. The van der Waals surface area contributed by atoms with Gasteiger partial charge in [-0.1, -0.05) is 0 Å². The van der Waals surface area contributed by atoms with Crippen LogP contribution in [0.1, 0.15) is 16.3 Å². The second-order valence-electron chi connectivity index (χ2n) is 4.96. The summed E-state index contributed by atoms with van der Waals surface area (Å²) < 4.78 is 39.5. The molecular formula is C16H17F2N3O4S. The third kappa shape index (κ3) is 5.38. The molecule has 0 aliphatic carbocycles. The summed E-state index contributed by atoms with van der Waals surface area (Å²) in [5, 5.41) is 6.52. The molecule has 1 amide bonds. The average molecular weight is 385 g/mol. The molecule has 0 bridgehead atoms. The van der Waals surface area contributed by atoms with Crippen LogP contribution in [-0.4, -0.2) is 37.9 Å². The number of thiazole rings is 1. The van der Waals surface area contributed by atoms with E-state index < -0.39 is 6.61 Å². The number of nitrogens with one attached hydrogen (secondary N) is 1. The topological polar surface area (TPSA) is 82.0 Å². The van der Waals surface area contributed by atoms with Gasteiger partial charge in [0.2, 0.25) is 11.7 Å². The van der Waals surface area contributed by atoms with Gasteiger partial charge in [0.05, 0.1) is 37.6 Å². The number of hydrazone groups is 1. The first-order chi connectivity index (χ1) is 12.4. The maximum absolute atomic E-state index is 12.5. The van der Waals surface area contributed by atoms with Gasteiger partial charge in [-0.2, -0.15) is 13.9 Å². The summed E-state index contributed by atoms with van der Waals surface area (Å²) >= 11 is 1.46. The standard InChI is InChI=1S/C16H17F2N3O4S/c1-9-20-11(8-26-9)6-14(22)21-19-7-10-4-12(23-2)15(25-16(17)18)13(5-10)24-3/h4-5,7-8,16H,6H2,1-3H3,(H,21,22)/b19-7-. The molecule has 0 saturated carbocycles. The van der Waals surface area contributed by atoms with Gasteiger partial charge in [0.1, 0.15) is 0 Å². The first kappa shape index (κ1) is 19.6. The van der Waals surface area contributed by atoms with Crippen LogP contribution in [0.15, 0.2) is 22.6 Å². The molecule has 1 heterocycles. The van der Waals surface area contributed by atoms with Crippen molar-refractivity contribution in [2.24, 2.45) is 5.10 Å².